The van der Waals surface area contributed by atoms with Gasteiger partial charge in [0.15, 0.2) is 10.3 Å². The fourth-order valence-electron chi connectivity index (χ4n) is 12.7. The number of rotatable bonds is 28. The Kier molecular flexibility index (Phi) is 21.2. The highest BCUT2D eigenvalue weighted by Crippen LogP contribution is 2.48. The van der Waals surface area contributed by atoms with Crippen LogP contribution in [0.4, 0.5) is 44.4 Å². The first-order valence-electron chi connectivity index (χ1n) is 33.1. The van der Waals surface area contributed by atoms with E-state index in [9.17, 15) is 0 Å². The van der Waals surface area contributed by atoms with Crippen LogP contribution in [0.3, 0.4) is 0 Å². The number of nitrogens with zero attached hydrogens (tertiary/aromatic N) is 8. The van der Waals surface area contributed by atoms with E-state index in [4.69, 9.17) is 9.97 Å². The van der Waals surface area contributed by atoms with Gasteiger partial charge in [-0.2, -0.15) is 9.97 Å². The third-order valence-corrected chi connectivity index (χ3v) is 20.0. The Bertz CT molecular complexity index is 3810. The molecule has 466 valence electrons. The predicted molar refractivity (Wildman–Crippen MR) is 397 cm³/mol. The minimum atomic E-state index is 0.798. The second-order valence-electron chi connectivity index (χ2n) is 23.3. The average Bonchev–Trinajstić information content (AvgIpc) is 1.73. The topological polar surface area (TPSA) is 45.2 Å². The molecule has 0 saturated heterocycles. The molecule has 0 aliphatic heterocycles. The lowest BCUT2D eigenvalue weighted by molar-refractivity contribution is 0.821. The first-order chi connectivity index (χ1) is 45.1. The van der Waals surface area contributed by atoms with Gasteiger partial charge in [0.25, 0.3) is 0 Å². The molecule has 0 aliphatic rings. The molecule has 11 rings (SSSR count). The van der Waals surface area contributed by atoms with E-state index in [1.165, 1.54) is 79.3 Å². The summed E-state index contributed by atoms with van der Waals surface area (Å²) in [7, 11) is 0. The SMILES string of the molecule is CCN(CC)c1ccc([C+](c2ccc(N(CC)Cc3ccc(CN(CC)c4ccc([C+](c5ccc(N(CC)CC)cc5)c5sc(N(CC)c6ccccc6C)nc5-c5ccccc5)cc4)cc3)cc2)c2sc(N(CC)c3ccccc3C)nc2-c2ccccc2)cc1. The number of anilines is 8. The molecule has 0 radical (unpaired) electrons. The molecule has 0 atom stereocenters. The molecule has 0 aliphatic carbocycles. The molecule has 92 heavy (non-hydrogen) atoms. The number of hydrogen-bond acceptors (Lipinski definition) is 10. The van der Waals surface area contributed by atoms with E-state index < -0.39 is 0 Å². The fourth-order valence-corrected chi connectivity index (χ4v) is 15.2. The van der Waals surface area contributed by atoms with Crippen LogP contribution in [0.2, 0.25) is 0 Å². The minimum absolute atomic E-state index is 0.798. The van der Waals surface area contributed by atoms with Gasteiger partial charge in [-0.25, -0.2) is 0 Å². The predicted octanol–water partition coefficient (Wildman–Crippen LogP) is 20.7. The first-order valence-corrected chi connectivity index (χ1v) is 34.7. The molecule has 10 heteroatoms. The number of hydrogen-bond donors (Lipinski definition) is 0. The smallest absolute Gasteiger partial charge is 0.198 e. The molecule has 0 saturated carbocycles. The second-order valence-corrected chi connectivity index (χ2v) is 25.2. The number of thiazole rings is 2. The highest BCUT2D eigenvalue weighted by atomic mass is 32.1. The van der Waals surface area contributed by atoms with E-state index >= 15 is 0 Å². The van der Waals surface area contributed by atoms with Gasteiger partial charge in [-0.3, -0.25) is 0 Å². The summed E-state index contributed by atoms with van der Waals surface area (Å²) in [5.41, 5.74) is 21.1. The number of aromatic nitrogens is 2. The number of aryl methyl sites for hydroxylation is 2. The molecule has 0 N–H and O–H groups in total. The highest BCUT2D eigenvalue weighted by Gasteiger charge is 2.35. The molecule has 0 bridgehead atoms. The lowest BCUT2D eigenvalue weighted by Gasteiger charge is -2.25. The zero-order valence-corrected chi connectivity index (χ0v) is 57.0. The fraction of sp³-hybridized carbons (Fsp3) is 0.244. The molecule has 0 amide bonds. The van der Waals surface area contributed by atoms with Crippen molar-refractivity contribution < 1.29 is 0 Å². The lowest BCUT2D eigenvalue weighted by Crippen LogP contribution is -2.23. The van der Waals surface area contributed by atoms with Gasteiger partial charge < -0.3 is 29.4 Å². The standard InChI is InChI=1S/C82H88N8S2/c1-11-85(12-2)69-49-41-63(42-50-69)75(79-77(67-31-21-19-22-32-67)83-81(91-79)89(17-7)73-35-27-25-29-59(73)9)65-45-53-71(54-46-65)87(15-5)57-61-37-39-62(40-38-61)58-88(16-6)72-55-47-66(48-56-72)76(64-43-51-70(52-44-64)86(13-3)14-4)80-78(68-33-23-20-24-34-68)84-82(92-80)90(18-8)74-36-28-26-30-60(74)10/h19-56H,11-18,57-58H2,1-10H3/q+2. The van der Waals surface area contributed by atoms with Crippen molar-refractivity contribution in [2.24, 2.45) is 0 Å². The van der Waals surface area contributed by atoms with E-state index in [1.54, 1.807) is 22.7 Å². The highest BCUT2D eigenvalue weighted by molar-refractivity contribution is 7.17. The summed E-state index contributed by atoms with van der Waals surface area (Å²) in [5, 5.41) is 1.97. The summed E-state index contributed by atoms with van der Waals surface area (Å²) in [5.74, 6) is 2.36. The molecule has 2 heterocycles. The van der Waals surface area contributed by atoms with Crippen molar-refractivity contribution in [2.75, 3.05) is 81.8 Å². The van der Waals surface area contributed by atoms with Gasteiger partial charge in [-0.05, 0) is 225 Å². The van der Waals surface area contributed by atoms with Crippen molar-refractivity contribution in [3.63, 3.8) is 0 Å². The van der Waals surface area contributed by atoms with Crippen molar-refractivity contribution in [2.45, 2.75) is 82.3 Å². The number of para-hydroxylation sites is 2. The van der Waals surface area contributed by atoms with Gasteiger partial charge in [0.1, 0.15) is 21.1 Å². The van der Waals surface area contributed by atoms with Gasteiger partial charge in [0.2, 0.25) is 0 Å². The van der Waals surface area contributed by atoms with Crippen molar-refractivity contribution in [1.29, 1.82) is 0 Å². The zero-order valence-electron chi connectivity index (χ0n) is 55.4. The zero-order chi connectivity index (χ0) is 64.1. The van der Waals surface area contributed by atoms with Crippen molar-refractivity contribution >= 4 is 67.1 Å². The maximum atomic E-state index is 5.52. The maximum Gasteiger partial charge on any atom is 0.198 e. The molecule has 0 unspecified atom stereocenters. The Morgan fingerprint density at radius 1 is 0.304 bits per heavy atom. The van der Waals surface area contributed by atoms with E-state index in [0.29, 0.717) is 0 Å². The van der Waals surface area contributed by atoms with Crippen LogP contribution in [0.1, 0.15) is 110 Å². The second kappa shape index (κ2) is 30.3. The van der Waals surface area contributed by atoms with Crippen LogP contribution < -0.4 is 29.4 Å². The monoisotopic (exact) mass is 1250 g/mol. The van der Waals surface area contributed by atoms with Crippen molar-refractivity contribution in [3.8, 4) is 22.5 Å². The third kappa shape index (κ3) is 14.1. The van der Waals surface area contributed by atoms with Crippen molar-refractivity contribution in [3.05, 3.63) is 297 Å². The summed E-state index contributed by atoms with van der Waals surface area (Å²) < 4.78 is 0. The molecule has 2 aromatic heterocycles. The molecule has 0 fully saturated rings. The molecule has 11 aromatic rings. The van der Waals surface area contributed by atoms with E-state index in [0.717, 1.165) is 119 Å². The Morgan fingerprint density at radius 3 is 0.870 bits per heavy atom. The van der Waals surface area contributed by atoms with Gasteiger partial charge in [-0.15, -0.1) is 0 Å². The van der Waals surface area contributed by atoms with E-state index in [2.05, 4.69) is 329 Å². The van der Waals surface area contributed by atoms with Crippen LogP contribution in [0, 0.1) is 25.7 Å². The molecular formula is C82H88N8S2+2. The maximum absolute atomic E-state index is 5.52. The lowest BCUT2D eigenvalue weighted by atomic mass is 9.87. The first kappa shape index (κ1) is 64.3. The van der Waals surface area contributed by atoms with Crippen LogP contribution in [0.25, 0.3) is 22.5 Å². The van der Waals surface area contributed by atoms with E-state index in [-0.39, 0.29) is 0 Å². The van der Waals surface area contributed by atoms with Gasteiger partial charge in [0, 0.05) is 99.3 Å². The Morgan fingerprint density at radius 2 is 0.587 bits per heavy atom. The largest absolute Gasteiger partial charge is 0.371 e. The van der Waals surface area contributed by atoms with Crippen LogP contribution in [0.15, 0.2) is 231 Å². The van der Waals surface area contributed by atoms with Gasteiger partial charge in [-0.1, -0.05) is 120 Å². The summed E-state index contributed by atoms with van der Waals surface area (Å²) in [4.78, 5) is 27.9. The normalized spacial score (nSPS) is 11.2. The number of benzene rings is 9. The van der Waals surface area contributed by atoms with E-state index in [1.807, 2.05) is 0 Å². The van der Waals surface area contributed by atoms with Gasteiger partial charge in [0.05, 0.1) is 45.5 Å². The van der Waals surface area contributed by atoms with Crippen LogP contribution in [0.5, 0.6) is 0 Å². The Hall–Kier alpha value is -9.22. The van der Waals surface area contributed by atoms with Crippen LogP contribution in [-0.4, -0.2) is 62.3 Å². The molecule has 9 aromatic carbocycles. The summed E-state index contributed by atoms with van der Waals surface area (Å²) in [6, 6.07) is 84.8. The summed E-state index contributed by atoms with van der Waals surface area (Å²) >= 11 is 3.56. The Balaban J connectivity index is 0.854. The molecular weight excluding hydrogens is 1160 g/mol. The quantitative estimate of drug-likeness (QED) is 0.0450. The molecule has 0 spiro atoms. The third-order valence-electron chi connectivity index (χ3n) is 17.8. The van der Waals surface area contributed by atoms with Gasteiger partial charge >= 0.3 is 0 Å². The Labute approximate surface area is 556 Å². The summed E-state index contributed by atoms with van der Waals surface area (Å²) in [6.07, 6.45) is 0. The summed E-state index contributed by atoms with van der Waals surface area (Å²) in [6.45, 7) is 31.0. The minimum Gasteiger partial charge on any atom is -0.371 e. The van der Waals surface area contributed by atoms with Crippen LogP contribution in [-0.2, 0) is 13.1 Å². The van der Waals surface area contributed by atoms with Crippen LogP contribution >= 0.6 is 22.7 Å². The molecule has 8 nitrogen and oxygen atoms in total. The average molecular weight is 1250 g/mol. The van der Waals surface area contributed by atoms with Crippen molar-refractivity contribution in [1.82, 2.24) is 9.97 Å².